The summed E-state index contributed by atoms with van der Waals surface area (Å²) in [5, 5.41) is 9.21. The van der Waals surface area contributed by atoms with Gasteiger partial charge in [0.1, 0.15) is 17.5 Å². The molecule has 1 fully saturated rings. The first-order valence-corrected chi connectivity index (χ1v) is 41.6. The summed E-state index contributed by atoms with van der Waals surface area (Å²) in [6.45, 7) is 11.5. The topological polar surface area (TPSA) is 429 Å². The van der Waals surface area contributed by atoms with E-state index in [0.29, 0.717) is 165 Å². The number of nitrogens with one attached hydrogen (secondary N) is 3. The number of aromatic nitrogens is 2. The number of hydrogen-bond donors (Lipinski definition) is 6. The monoisotopic (exact) mass is 1660 g/mol. The van der Waals surface area contributed by atoms with Crippen LogP contribution in [0.1, 0.15) is 197 Å². The highest BCUT2D eigenvalue weighted by molar-refractivity contribution is 6.14. The smallest absolute Gasteiger partial charge is 0.333 e. The molecule has 640 valence electrons. The standard InChI is InChI=1S/C44H51N7O6.C34H40N6O3.C14H16N2O6/c1-3-20-50(21-4-2)44(57)34-25-32-15-16-33(26-36(32)48-39(45)27-34)43(56)47-35-23-31(28-46-29-35)14-17-38(52)37(24-30-11-7-5-8-12-30)49-40(53)13-9-6-10-22-51-41(54)18-19-42(51)55;1-3-14-40(15-4-2)34(43)27-18-25-11-12-26(19-30(25)39-32(36)20-27)33(42)38-28-16-24(21-37-22-28)10-13-31(41)29(35)17-23-8-6-5-7-9-23;17-10-5-6-11(18)15(10)9-3-1-2-4-14(21)22-16-12(19)7-8-13(16)20/h5,7-8,11-12,15-16,18-19,23,25-26,28-29,37H,3-4,6,9-10,13-14,17,20-22,24,27H2,1-2H3,(H2,45,48)(H,47,56)(H,49,53);5-9,11-12,16,18-19,21-22,29H,3-4,10,13-15,17,20,35H2,1-2H3,(H2,36,39)(H,38,42);5-6H,1-4,7-9H2. The van der Waals surface area contributed by atoms with Gasteiger partial charge in [0.05, 0.1) is 47.2 Å². The van der Waals surface area contributed by atoms with Crippen molar-refractivity contribution in [2.24, 2.45) is 27.2 Å². The molecule has 5 aliphatic heterocycles. The molecule has 11 rings (SSSR count). The average Bonchev–Trinajstić information content (AvgIpc) is 1.65. The van der Waals surface area contributed by atoms with Gasteiger partial charge in [-0.05, 0) is 148 Å². The molecule has 2 aromatic heterocycles. The van der Waals surface area contributed by atoms with E-state index < -0.39 is 29.9 Å². The van der Waals surface area contributed by atoms with Gasteiger partial charge in [-0.1, -0.05) is 113 Å². The molecule has 2 unspecified atom stereocenters. The number of hydroxylamine groups is 2. The van der Waals surface area contributed by atoms with E-state index in [1.807, 2.05) is 104 Å². The predicted molar refractivity (Wildman–Crippen MR) is 462 cm³/mol. The number of amides is 11. The number of nitrogens with two attached hydrogens (primary N) is 3. The molecule has 0 aliphatic carbocycles. The summed E-state index contributed by atoms with van der Waals surface area (Å²) in [6, 6.07) is 31.7. The van der Waals surface area contributed by atoms with Crippen LogP contribution in [0.15, 0.2) is 179 Å². The molecule has 0 bridgehead atoms. The maximum absolute atomic E-state index is 13.6. The summed E-state index contributed by atoms with van der Waals surface area (Å²) in [7, 11) is 0. The lowest BCUT2D eigenvalue weighted by atomic mass is 9.97. The fourth-order valence-corrected chi connectivity index (χ4v) is 14.0. The van der Waals surface area contributed by atoms with Crippen LogP contribution in [0.4, 0.5) is 22.7 Å². The molecule has 7 heterocycles. The van der Waals surface area contributed by atoms with Crippen molar-refractivity contribution in [1.82, 2.24) is 39.9 Å². The van der Waals surface area contributed by atoms with E-state index in [1.165, 1.54) is 35.4 Å². The normalized spacial score (nSPS) is 14.4. The molecule has 0 spiro atoms. The zero-order valence-electron chi connectivity index (χ0n) is 69.5. The quantitative estimate of drug-likeness (QED) is 0.0154. The van der Waals surface area contributed by atoms with E-state index in [0.717, 1.165) is 58.4 Å². The highest BCUT2D eigenvalue weighted by atomic mass is 16.7. The first-order chi connectivity index (χ1) is 58.8. The average molecular weight is 1660 g/mol. The molecular formula is C92H107N15O15. The number of imide groups is 3. The minimum absolute atomic E-state index is 0.0227. The third kappa shape index (κ3) is 28.1. The van der Waals surface area contributed by atoms with E-state index in [1.54, 1.807) is 73.2 Å². The van der Waals surface area contributed by atoms with Gasteiger partial charge in [-0.2, -0.15) is 0 Å². The minimum atomic E-state index is -0.734. The number of carbonyl (C=O) groups is 14. The first kappa shape index (κ1) is 92.5. The number of fused-ring (bicyclic) bond motifs is 2. The Bertz CT molecular complexity index is 4970. The van der Waals surface area contributed by atoms with Crippen molar-refractivity contribution in [1.29, 1.82) is 0 Å². The molecule has 1 saturated heterocycles. The number of Topliss-reactive ketones (excluding diaryl/α,β-unsaturated/α-hetero) is 2. The summed E-state index contributed by atoms with van der Waals surface area (Å²) in [5.74, 6) is -3.55. The van der Waals surface area contributed by atoms with Crippen LogP contribution in [0.2, 0.25) is 0 Å². The number of ketones is 2. The summed E-state index contributed by atoms with van der Waals surface area (Å²) in [5.41, 5.74) is 27.4. The number of rotatable bonds is 40. The van der Waals surface area contributed by atoms with Crippen molar-refractivity contribution in [3.63, 3.8) is 0 Å². The number of benzene rings is 4. The molecule has 30 heteroatoms. The van der Waals surface area contributed by atoms with Gasteiger partial charge in [0, 0.05) is 161 Å². The third-order valence-electron chi connectivity index (χ3n) is 20.3. The lowest BCUT2D eigenvalue weighted by Gasteiger charge is -2.22. The van der Waals surface area contributed by atoms with Gasteiger partial charge in [0.2, 0.25) is 17.7 Å². The highest BCUT2D eigenvalue weighted by Gasteiger charge is 2.34. The Morgan fingerprint density at radius 2 is 0.893 bits per heavy atom. The SMILES string of the molecule is CCCN(CCC)C(=O)C1=Cc2ccc(C(=O)Nc3cncc(CCC(=O)C(Cc4ccccc4)NC(=O)CCCCCN4C(=O)C=CC4=O)c3)cc2N=C(N)C1.CCCN(CCC)C(=O)C1=Cc2ccc(C(=O)Nc3cncc(CCC(=O)C(N)Cc4ccccc4)c3)cc2N=C(N)C1.O=C(CCCCCN1C(=O)C=CC1=O)ON1C(=O)CCC1=O. The zero-order valence-corrected chi connectivity index (χ0v) is 69.5. The number of aryl methyl sites for hydroxylation is 2. The number of aliphatic imine (C=N–C) groups is 2. The maximum Gasteiger partial charge on any atom is 0.333 e. The number of unbranched alkanes of at least 4 members (excludes halogenated alkanes) is 4. The van der Waals surface area contributed by atoms with E-state index >= 15 is 0 Å². The molecular weight excluding hydrogens is 1560 g/mol. The van der Waals surface area contributed by atoms with Crippen LogP contribution in [-0.2, 0) is 88.1 Å². The number of hydrogen-bond acceptors (Lipinski definition) is 22. The van der Waals surface area contributed by atoms with Crippen LogP contribution in [0.25, 0.3) is 12.2 Å². The summed E-state index contributed by atoms with van der Waals surface area (Å²) >= 11 is 0. The van der Waals surface area contributed by atoms with Crippen LogP contribution >= 0.6 is 0 Å². The lowest BCUT2D eigenvalue weighted by Crippen LogP contribution is -2.42. The molecule has 2 atom stereocenters. The fraction of sp³-hybridized carbons (Fsp3) is 0.370. The Kier molecular flexibility index (Phi) is 35.5. The van der Waals surface area contributed by atoms with Gasteiger partial charge in [0.15, 0.2) is 5.78 Å². The van der Waals surface area contributed by atoms with E-state index in [9.17, 15) is 67.1 Å². The summed E-state index contributed by atoms with van der Waals surface area (Å²) in [6.07, 6.45) is 24.8. The molecule has 0 radical (unpaired) electrons. The molecule has 122 heavy (non-hydrogen) atoms. The van der Waals surface area contributed by atoms with Crippen LogP contribution in [0.3, 0.4) is 0 Å². The zero-order chi connectivity index (χ0) is 87.6. The maximum atomic E-state index is 13.6. The lowest BCUT2D eigenvalue weighted by molar-refractivity contribution is -0.197. The highest BCUT2D eigenvalue weighted by Crippen LogP contribution is 2.32. The second-order valence-corrected chi connectivity index (χ2v) is 30.1. The number of nitrogens with zero attached hydrogens (tertiary/aromatic N) is 9. The molecule has 9 N–H and O–H groups in total. The van der Waals surface area contributed by atoms with Gasteiger partial charge >= 0.3 is 5.97 Å². The second-order valence-electron chi connectivity index (χ2n) is 30.1. The number of anilines is 2. The van der Waals surface area contributed by atoms with Gasteiger partial charge in [-0.25, -0.2) is 14.8 Å². The van der Waals surface area contributed by atoms with Crippen molar-refractivity contribution in [2.45, 2.75) is 181 Å². The van der Waals surface area contributed by atoms with Gasteiger partial charge < -0.3 is 47.8 Å². The Hall–Kier alpha value is -13.4. The fourth-order valence-electron chi connectivity index (χ4n) is 14.0. The number of amidine groups is 2. The molecule has 11 amide bonds. The summed E-state index contributed by atoms with van der Waals surface area (Å²) in [4.78, 5) is 201. The Balaban J connectivity index is 0.000000228. The first-order valence-electron chi connectivity index (χ1n) is 41.6. The number of carbonyl (C=O) groups excluding carboxylic acids is 14. The van der Waals surface area contributed by atoms with Gasteiger partial charge in [0.25, 0.3) is 47.3 Å². The largest absolute Gasteiger partial charge is 0.387 e. The Labute approximate surface area is 709 Å². The molecule has 4 aromatic carbocycles. The molecule has 5 aliphatic rings. The Morgan fingerprint density at radius 3 is 1.33 bits per heavy atom. The van der Waals surface area contributed by atoms with Crippen molar-refractivity contribution >= 4 is 129 Å². The van der Waals surface area contributed by atoms with Gasteiger partial charge in [-0.3, -0.25) is 82.1 Å². The van der Waals surface area contributed by atoms with E-state index in [4.69, 9.17) is 22.0 Å². The summed E-state index contributed by atoms with van der Waals surface area (Å²) < 4.78 is 0. The molecule has 6 aromatic rings. The van der Waals surface area contributed by atoms with Crippen LogP contribution in [0.5, 0.6) is 0 Å². The second kappa shape index (κ2) is 46.8. The van der Waals surface area contributed by atoms with Crippen molar-refractivity contribution < 1.29 is 72.0 Å². The van der Waals surface area contributed by atoms with Crippen molar-refractivity contribution in [3.05, 3.63) is 214 Å². The van der Waals surface area contributed by atoms with Crippen LogP contribution in [0, 0.1) is 0 Å². The van der Waals surface area contributed by atoms with Crippen molar-refractivity contribution in [3.8, 4) is 0 Å². The van der Waals surface area contributed by atoms with Gasteiger partial charge in [-0.15, -0.1) is 5.06 Å². The number of pyridine rings is 2. The van der Waals surface area contributed by atoms with Crippen LogP contribution < -0.4 is 33.2 Å². The minimum Gasteiger partial charge on any atom is -0.387 e. The van der Waals surface area contributed by atoms with Crippen molar-refractivity contribution in [2.75, 3.05) is 49.9 Å². The molecule has 0 saturated carbocycles. The predicted octanol–water partition coefficient (Wildman–Crippen LogP) is 10.4. The molecule has 30 nitrogen and oxygen atoms in total. The Morgan fingerprint density at radius 1 is 0.475 bits per heavy atom. The van der Waals surface area contributed by atoms with Crippen LogP contribution in [-0.4, -0.2) is 180 Å². The third-order valence-corrected chi connectivity index (χ3v) is 20.3. The van der Waals surface area contributed by atoms with E-state index in [2.05, 4.69) is 35.9 Å². The van der Waals surface area contributed by atoms with E-state index in [-0.39, 0.29) is 122 Å².